The van der Waals surface area contributed by atoms with Crippen molar-refractivity contribution in [2.45, 2.75) is 25.4 Å². The van der Waals surface area contributed by atoms with Crippen LogP contribution in [0.1, 0.15) is 11.1 Å². The molecule has 0 radical (unpaired) electrons. The van der Waals surface area contributed by atoms with Crippen LogP contribution in [0.5, 0.6) is 0 Å². The molecule has 0 bridgehead atoms. The van der Waals surface area contributed by atoms with Crippen LogP contribution in [-0.2, 0) is 32.3 Å². The van der Waals surface area contributed by atoms with Crippen LogP contribution in [0.25, 0.3) is 0 Å². The molecule has 6 N–H and O–H groups in total. The molecule has 2 rings (SSSR count). The third kappa shape index (κ3) is 19.2. The Kier molecular flexibility index (Phi) is 22.0. The number of alkyl carbamates (subject to hydrolysis) is 2. The Hall–Kier alpha value is -3.91. The summed E-state index contributed by atoms with van der Waals surface area (Å²) in [5, 5.41) is 33.9. The highest BCUT2D eigenvalue weighted by molar-refractivity contribution is 5.85. The van der Waals surface area contributed by atoms with E-state index in [-0.39, 0.29) is 38.7 Å². The van der Waals surface area contributed by atoms with Crippen LogP contribution in [0.3, 0.4) is 0 Å². The molecule has 224 valence electrons. The van der Waals surface area contributed by atoms with Gasteiger partial charge in [-0.1, -0.05) is 60.7 Å². The van der Waals surface area contributed by atoms with E-state index in [1.54, 1.807) is 12.1 Å². The van der Waals surface area contributed by atoms with Gasteiger partial charge in [-0.2, -0.15) is 0 Å². The maximum Gasteiger partial charge on any atom is 0.407 e. The lowest BCUT2D eigenvalue weighted by molar-refractivity contribution is -0.146. The van der Waals surface area contributed by atoms with Gasteiger partial charge in [0.1, 0.15) is 19.3 Å². The first-order chi connectivity index (χ1) is 18.5. The number of aliphatic hydroxyl groups is 2. The molecule has 0 aliphatic rings. The highest BCUT2D eigenvalue weighted by Crippen LogP contribution is 2.01. The van der Waals surface area contributed by atoms with Crippen LogP contribution in [-0.4, -0.2) is 97.8 Å². The molecule has 3 amide bonds. The van der Waals surface area contributed by atoms with E-state index in [2.05, 4.69) is 16.0 Å². The summed E-state index contributed by atoms with van der Waals surface area (Å²) >= 11 is 0. The number of carboxylic acid groups (broad SMARTS) is 1. The van der Waals surface area contributed by atoms with E-state index < -0.39 is 36.3 Å². The van der Waals surface area contributed by atoms with E-state index in [1.165, 1.54) is 19.0 Å². The summed E-state index contributed by atoms with van der Waals surface area (Å²) in [6.45, 7) is -0.326. The highest BCUT2D eigenvalue weighted by atomic mass is 35.5. The van der Waals surface area contributed by atoms with Crippen LogP contribution in [0.15, 0.2) is 60.7 Å². The van der Waals surface area contributed by atoms with Crippen molar-refractivity contribution in [3.05, 3.63) is 71.8 Å². The Morgan fingerprint density at radius 1 is 0.750 bits per heavy atom. The van der Waals surface area contributed by atoms with Crippen LogP contribution >= 0.6 is 12.4 Å². The number of carbonyl (C=O) groups excluding carboxylic acids is 3. The smallest absolute Gasteiger partial charge is 0.407 e. The fourth-order valence-electron chi connectivity index (χ4n) is 2.38. The van der Waals surface area contributed by atoms with E-state index >= 15 is 0 Å². The van der Waals surface area contributed by atoms with Crippen molar-refractivity contribution >= 4 is 36.5 Å². The molecule has 0 aromatic heterocycles. The van der Waals surface area contributed by atoms with Crippen molar-refractivity contribution in [1.29, 1.82) is 0 Å². The van der Waals surface area contributed by atoms with E-state index in [0.29, 0.717) is 0 Å². The summed E-state index contributed by atoms with van der Waals surface area (Å²) in [5.74, 6) is -1.86. The molecule has 40 heavy (non-hydrogen) atoms. The Labute approximate surface area is 239 Å². The molecular formula is C26H39ClN4O9. The maximum absolute atomic E-state index is 11.3. The van der Waals surface area contributed by atoms with Crippen molar-refractivity contribution in [3.63, 3.8) is 0 Å². The highest BCUT2D eigenvalue weighted by Gasteiger charge is 2.18. The van der Waals surface area contributed by atoms with Gasteiger partial charge in [-0.15, -0.1) is 12.4 Å². The number of carboxylic acids is 1. The van der Waals surface area contributed by atoms with Gasteiger partial charge in [0.15, 0.2) is 6.10 Å². The van der Waals surface area contributed by atoms with Gasteiger partial charge < -0.3 is 45.6 Å². The monoisotopic (exact) mass is 586 g/mol. The molecule has 13 nitrogen and oxygen atoms in total. The van der Waals surface area contributed by atoms with Crippen LogP contribution < -0.4 is 16.0 Å². The number of carbonyl (C=O) groups is 4. The van der Waals surface area contributed by atoms with Gasteiger partial charge in [-0.3, -0.25) is 4.79 Å². The number of nitrogens with one attached hydrogen (secondary N) is 3. The van der Waals surface area contributed by atoms with Crippen molar-refractivity contribution < 1.29 is 44.0 Å². The molecule has 0 spiro atoms. The summed E-state index contributed by atoms with van der Waals surface area (Å²) in [7, 11) is 6.80. The van der Waals surface area contributed by atoms with Gasteiger partial charge in [-0.25, -0.2) is 14.4 Å². The normalized spacial score (nSPS) is 10.8. The number of likely N-dealkylation sites (N-methyl/N-ethyl adjacent to an activating group) is 1. The second kappa shape index (κ2) is 23.0. The number of amides is 3. The molecule has 0 aliphatic carbocycles. The molecule has 14 heteroatoms. The third-order valence-corrected chi connectivity index (χ3v) is 4.32. The zero-order chi connectivity index (χ0) is 29.6. The quantitative estimate of drug-likeness (QED) is 0.234. The fourth-order valence-corrected chi connectivity index (χ4v) is 2.38. The molecule has 0 aliphatic heterocycles. The van der Waals surface area contributed by atoms with Gasteiger partial charge in [0.05, 0.1) is 13.1 Å². The van der Waals surface area contributed by atoms with Gasteiger partial charge in [0.2, 0.25) is 0 Å². The standard InChI is InChI=1S/C13H18N2O4.C11H13NO5.C2H7N.ClH/c1-15(2)12(17)11(16)8-14-13(18)19-9-10-6-4-3-5-7-10;13-9(10(14)15)6-12-11(16)17-7-8-4-2-1-3-5-8;1-3-2;/h3-7,11,16H,8-9H2,1-2H3,(H,14,18);1-5,9,13H,6-7H2,(H,12,16)(H,14,15);3H,1-2H3;1H/t11-;9-;;/m00../s1. The second-order valence-corrected chi connectivity index (χ2v) is 7.99. The Balaban J connectivity index is 0. The lowest BCUT2D eigenvalue weighted by atomic mass is 10.2. The number of halogens is 1. The Morgan fingerprint density at radius 2 is 1.10 bits per heavy atom. The molecule has 2 aromatic carbocycles. The number of aliphatic carboxylic acids is 1. The first-order valence-electron chi connectivity index (χ1n) is 11.8. The number of ether oxygens (including phenoxy) is 2. The fraction of sp³-hybridized carbons (Fsp3) is 0.385. The molecule has 2 aromatic rings. The van der Waals surface area contributed by atoms with Crippen molar-refractivity contribution in [2.24, 2.45) is 0 Å². The zero-order valence-corrected chi connectivity index (χ0v) is 23.7. The van der Waals surface area contributed by atoms with Crippen molar-refractivity contribution in [2.75, 3.05) is 41.3 Å². The zero-order valence-electron chi connectivity index (χ0n) is 22.9. The predicted molar refractivity (Wildman–Crippen MR) is 150 cm³/mol. The van der Waals surface area contributed by atoms with E-state index in [1.807, 2.05) is 62.6 Å². The number of aliphatic hydroxyl groups excluding tert-OH is 2. The molecule has 0 fully saturated rings. The SMILES string of the molecule is CN(C)C(=O)[C@@H](O)CNC(=O)OCc1ccccc1.CNC.Cl.O=C(NC[C@H](O)C(=O)O)OCc1ccccc1. The minimum Gasteiger partial charge on any atom is -0.479 e. The lowest BCUT2D eigenvalue weighted by Gasteiger charge is -2.16. The molecule has 0 unspecified atom stereocenters. The first-order valence-corrected chi connectivity index (χ1v) is 11.8. The first kappa shape index (κ1) is 38.2. The van der Waals surface area contributed by atoms with Crippen molar-refractivity contribution in [1.82, 2.24) is 20.9 Å². The minimum absolute atomic E-state index is 0. The summed E-state index contributed by atoms with van der Waals surface area (Å²) < 4.78 is 9.74. The van der Waals surface area contributed by atoms with Crippen molar-refractivity contribution in [3.8, 4) is 0 Å². The van der Waals surface area contributed by atoms with E-state index in [0.717, 1.165) is 11.1 Å². The number of nitrogens with zero attached hydrogens (tertiary/aromatic N) is 1. The Morgan fingerprint density at radius 3 is 1.43 bits per heavy atom. The lowest BCUT2D eigenvalue weighted by Crippen LogP contribution is -2.42. The summed E-state index contributed by atoms with van der Waals surface area (Å²) in [5.41, 5.74) is 1.68. The van der Waals surface area contributed by atoms with Crippen LogP contribution in [0.2, 0.25) is 0 Å². The molecule has 0 saturated carbocycles. The average molecular weight is 587 g/mol. The predicted octanol–water partition coefficient (Wildman–Crippen LogP) is 0.978. The minimum atomic E-state index is -1.63. The molecule has 0 heterocycles. The number of benzene rings is 2. The maximum atomic E-state index is 11.3. The third-order valence-electron chi connectivity index (χ3n) is 4.32. The summed E-state index contributed by atoms with van der Waals surface area (Å²) in [6, 6.07) is 18.3. The van der Waals surface area contributed by atoms with Gasteiger partial charge >= 0.3 is 18.2 Å². The van der Waals surface area contributed by atoms with Gasteiger partial charge in [0, 0.05) is 14.1 Å². The second-order valence-electron chi connectivity index (χ2n) is 7.99. The Bertz CT molecular complexity index is 983. The molecular weight excluding hydrogens is 548 g/mol. The number of rotatable bonds is 10. The average Bonchev–Trinajstić information content (AvgIpc) is 2.93. The van der Waals surface area contributed by atoms with Gasteiger partial charge in [-0.05, 0) is 25.2 Å². The molecule has 0 saturated heterocycles. The van der Waals surface area contributed by atoms with E-state index in [4.69, 9.17) is 19.7 Å². The van der Waals surface area contributed by atoms with E-state index in [9.17, 15) is 24.3 Å². The summed E-state index contributed by atoms with van der Waals surface area (Å²) in [6.07, 6.45) is -4.33. The van der Waals surface area contributed by atoms with Crippen LogP contribution in [0.4, 0.5) is 9.59 Å². The van der Waals surface area contributed by atoms with Crippen LogP contribution in [0, 0.1) is 0 Å². The molecule has 2 atom stereocenters. The summed E-state index contributed by atoms with van der Waals surface area (Å²) in [4.78, 5) is 45.3. The topological polar surface area (TPSA) is 187 Å². The largest absolute Gasteiger partial charge is 0.479 e. The number of hydrogen-bond donors (Lipinski definition) is 6. The van der Waals surface area contributed by atoms with Gasteiger partial charge in [0.25, 0.3) is 5.91 Å². The number of hydrogen-bond acceptors (Lipinski definition) is 9.